The van der Waals surface area contributed by atoms with Gasteiger partial charge >= 0.3 is 5.97 Å². The maximum atomic E-state index is 10.6. The van der Waals surface area contributed by atoms with E-state index in [9.17, 15) is 14.9 Å². The van der Waals surface area contributed by atoms with Gasteiger partial charge < -0.3 is 14.7 Å². The van der Waals surface area contributed by atoms with Crippen LogP contribution < -0.4 is 4.90 Å². The molecule has 0 spiro atoms. The minimum absolute atomic E-state index is 0.0916. The molecular formula is C11H12BrN3O5. The number of halogens is 1. The maximum absolute atomic E-state index is 10.6. The van der Waals surface area contributed by atoms with Crippen molar-refractivity contribution in [2.75, 3.05) is 24.6 Å². The van der Waals surface area contributed by atoms with Crippen molar-refractivity contribution in [2.24, 2.45) is 0 Å². The monoisotopic (exact) mass is 345 g/mol. The first-order chi connectivity index (χ1) is 9.31. The van der Waals surface area contributed by atoms with Crippen molar-refractivity contribution in [1.29, 1.82) is 0 Å². The van der Waals surface area contributed by atoms with Crippen LogP contribution in [-0.4, -0.2) is 46.3 Å². The van der Waals surface area contributed by atoms with Crippen LogP contribution in [0.25, 0.3) is 0 Å². The first kappa shape index (κ1) is 14.7. The van der Waals surface area contributed by atoms with Crippen molar-refractivity contribution in [1.82, 2.24) is 4.98 Å². The molecule has 1 fully saturated rings. The van der Waals surface area contributed by atoms with Gasteiger partial charge in [0.2, 0.25) is 0 Å². The summed E-state index contributed by atoms with van der Waals surface area (Å²) in [6, 6.07) is 1.39. The fourth-order valence-electron chi connectivity index (χ4n) is 1.99. The Bertz CT molecular complexity index is 559. The zero-order chi connectivity index (χ0) is 14.9. The molecule has 0 unspecified atom stereocenters. The van der Waals surface area contributed by atoms with Crippen molar-refractivity contribution in [3.05, 3.63) is 26.9 Å². The number of pyridine rings is 1. The number of carboxylic acid groups (broad SMARTS) is 1. The summed E-state index contributed by atoms with van der Waals surface area (Å²) in [6.07, 6.45) is 1.19. The molecule has 20 heavy (non-hydrogen) atoms. The second-order valence-electron chi connectivity index (χ2n) is 4.74. The van der Waals surface area contributed by atoms with Crippen LogP contribution >= 0.6 is 15.9 Å². The summed E-state index contributed by atoms with van der Waals surface area (Å²) in [6.45, 7) is 2.41. The third-order valence-electron chi connectivity index (χ3n) is 2.91. The molecular weight excluding hydrogens is 334 g/mol. The molecule has 108 valence electrons. The molecule has 1 aliphatic rings. The number of rotatable bonds is 5. The molecule has 0 atom stereocenters. The number of aliphatic carboxylic acids is 1. The number of aromatic nitrogens is 1. The molecule has 0 saturated carbocycles. The number of carboxylic acids is 1. The minimum Gasteiger partial charge on any atom is -0.480 e. The lowest BCUT2D eigenvalue weighted by Crippen LogP contribution is -2.62. The first-order valence-electron chi connectivity index (χ1n) is 5.71. The van der Waals surface area contributed by atoms with Gasteiger partial charge in [0.15, 0.2) is 0 Å². The van der Waals surface area contributed by atoms with Gasteiger partial charge in [-0.05, 0) is 22.9 Å². The van der Waals surface area contributed by atoms with Crippen LogP contribution in [0, 0.1) is 10.1 Å². The average Bonchev–Trinajstić information content (AvgIpc) is 2.33. The Labute approximate surface area is 122 Å². The summed E-state index contributed by atoms with van der Waals surface area (Å²) in [7, 11) is 0. The van der Waals surface area contributed by atoms with Gasteiger partial charge in [0.05, 0.1) is 22.5 Å². The predicted molar refractivity (Wildman–Crippen MR) is 72.8 cm³/mol. The van der Waals surface area contributed by atoms with Crippen LogP contribution in [0.2, 0.25) is 0 Å². The van der Waals surface area contributed by atoms with E-state index >= 15 is 0 Å². The smallest absolute Gasteiger partial charge is 0.329 e. The SMILES string of the molecule is CC1(OCC(=O)O)CN(c2ncc([N+](=O)[O-])cc2Br)C1. The highest BCUT2D eigenvalue weighted by Crippen LogP contribution is 2.34. The number of anilines is 1. The molecule has 0 bridgehead atoms. The second kappa shape index (κ2) is 5.33. The van der Waals surface area contributed by atoms with Gasteiger partial charge in [-0.2, -0.15) is 0 Å². The number of carbonyl (C=O) groups is 1. The number of hydrogen-bond acceptors (Lipinski definition) is 6. The van der Waals surface area contributed by atoms with Crippen LogP contribution in [0.15, 0.2) is 16.7 Å². The Morgan fingerprint density at radius 2 is 2.35 bits per heavy atom. The highest BCUT2D eigenvalue weighted by Gasteiger charge is 2.41. The van der Waals surface area contributed by atoms with E-state index < -0.39 is 16.5 Å². The molecule has 1 aliphatic heterocycles. The molecule has 2 rings (SSSR count). The zero-order valence-corrected chi connectivity index (χ0v) is 12.2. The normalized spacial score (nSPS) is 16.6. The maximum Gasteiger partial charge on any atom is 0.329 e. The van der Waals surface area contributed by atoms with Crippen molar-refractivity contribution in [3.63, 3.8) is 0 Å². The van der Waals surface area contributed by atoms with Gasteiger partial charge in [-0.15, -0.1) is 0 Å². The van der Waals surface area contributed by atoms with E-state index in [0.717, 1.165) is 0 Å². The Morgan fingerprint density at radius 1 is 1.70 bits per heavy atom. The second-order valence-corrected chi connectivity index (χ2v) is 5.60. The van der Waals surface area contributed by atoms with Crippen LogP contribution in [0.3, 0.4) is 0 Å². The summed E-state index contributed by atoms with van der Waals surface area (Å²) in [5, 5.41) is 19.2. The highest BCUT2D eigenvalue weighted by molar-refractivity contribution is 9.10. The molecule has 8 nitrogen and oxygen atoms in total. The van der Waals surface area contributed by atoms with Crippen LogP contribution in [-0.2, 0) is 9.53 Å². The van der Waals surface area contributed by atoms with E-state index in [1.807, 2.05) is 11.8 Å². The number of ether oxygens (including phenoxy) is 1. The van der Waals surface area contributed by atoms with E-state index in [-0.39, 0.29) is 12.3 Å². The minimum atomic E-state index is -1.01. The molecule has 0 aliphatic carbocycles. The highest BCUT2D eigenvalue weighted by atomic mass is 79.9. The molecule has 0 aromatic carbocycles. The predicted octanol–water partition coefficient (Wildman–Crippen LogP) is 1.43. The summed E-state index contributed by atoms with van der Waals surface area (Å²) in [4.78, 5) is 26.5. The summed E-state index contributed by atoms with van der Waals surface area (Å²) < 4.78 is 5.81. The number of hydrogen-bond donors (Lipinski definition) is 1. The molecule has 0 amide bonds. The van der Waals surface area contributed by atoms with Gasteiger partial charge in [0.25, 0.3) is 5.69 Å². The van der Waals surface area contributed by atoms with Gasteiger partial charge in [-0.3, -0.25) is 10.1 Å². The van der Waals surface area contributed by atoms with Crippen LogP contribution in [0.5, 0.6) is 0 Å². The summed E-state index contributed by atoms with van der Waals surface area (Å²) in [5.41, 5.74) is -0.632. The van der Waals surface area contributed by atoms with Gasteiger partial charge in [0.1, 0.15) is 24.2 Å². The molecule has 1 aromatic heterocycles. The third kappa shape index (κ3) is 3.05. The van der Waals surface area contributed by atoms with Crippen LogP contribution in [0.1, 0.15) is 6.92 Å². The van der Waals surface area contributed by atoms with E-state index in [4.69, 9.17) is 9.84 Å². The molecule has 2 heterocycles. The molecule has 0 radical (unpaired) electrons. The van der Waals surface area contributed by atoms with Gasteiger partial charge in [-0.25, -0.2) is 9.78 Å². The van der Waals surface area contributed by atoms with Crippen molar-refractivity contribution in [3.8, 4) is 0 Å². The molecule has 1 aromatic rings. The number of nitrogens with zero attached hydrogens (tertiary/aromatic N) is 3. The average molecular weight is 346 g/mol. The lowest BCUT2D eigenvalue weighted by molar-refractivity contribution is -0.385. The lowest BCUT2D eigenvalue weighted by Gasteiger charge is -2.48. The van der Waals surface area contributed by atoms with E-state index in [0.29, 0.717) is 23.4 Å². The van der Waals surface area contributed by atoms with E-state index in [2.05, 4.69) is 20.9 Å². The van der Waals surface area contributed by atoms with Crippen molar-refractivity contribution >= 4 is 33.4 Å². The Balaban J connectivity index is 2.02. The van der Waals surface area contributed by atoms with E-state index in [1.54, 1.807) is 0 Å². The van der Waals surface area contributed by atoms with Crippen molar-refractivity contribution in [2.45, 2.75) is 12.5 Å². The summed E-state index contributed by atoms with van der Waals surface area (Å²) in [5.74, 6) is -0.439. The quantitative estimate of drug-likeness (QED) is 0.635. The number of nitro groups is 1. The molecule has 1 saturated heterocycles. The van der Waals surface area contributed by atoms with Gasteiger partial charge in [-0.1, -0.05) is 0 Å². The lowest BCUT2D eigenvalue weighted by atomic mass is 9.96. The molecule has 9 heteroatoms. The third-order valence-corrected chi connectivity index (χ3v) is 3.50. The van der Waals surface area contributed by atoms with Crippen molar-refractivity contribution < 1.29 is 19.6 Å². The first-order valence-corrected chi connectivity index (χ1v) is 6.51. The standard InChI is InChI=1S/C11H12BrN3O5/c1-11(20-4-9(16)17)5-14(6-11)10-8(12)2-7(3-13-10)15(18)19/h2-3H,4-6H2,1H3,(H,16,17). The van der Waals surface area contributed by atoms with Gasteiger partial charge in [0, 0.05) is 6.07 Å². The fraction of sp³-hybridized carbons (Fsp3) is 0.455. The molecule has 1 N–H and O–H groups in total. The van der Waals surface area contributed by atoms with E-state index in [1.165, 1.54) is 12.3 Å². The topological polar surface area (TPSA) is 106 Å². The Hall–Kier alpha value is -1.74. The van der Waals surface area contributed by atoms with Crippen LogP contribution in [0.4, 0.5) is 11.5 Å². The largest absolute Gasteiger partial charge is 0.480 e. The Morgan fingerprint density at radius 3 is 2.85 bits per heavy atom. The Kier molecular flexibility index (Phi) is 3.91. The summed E-state index contributed by atoms with van der Waals surface area (Å²) >= 11 is 3.25. The fourth-order valence-corrected chi connectivity index (χ4v) is 2.58. The zero-order valence-electron chi connectivity index (χ0n) is 10.6.